The molecule has 1 N–H and O–H groups in total. The summed E-state index contributed by atoms with van der Waals surface area (Å²) in [7, 11) is 0. The average Bonchev–Trinajstić information content (AvgIpc) is 2.93. The summed E-state index contributed by atoms with van der Waals surface area (Å²) in [6, 6.07) is 12.8. The number of aromatic nitrogens is 2. The highest BCUT2D eigenvalue weighted by molar-refractivity contribution is 9.10. The van der Waals surface area contributed by atoms with Crippen LogP contribution in [0.25, 0.3) is 5.65 Å². The Bertz CT molecular complexity index is 720. The molecule has 102 valence electrons. The van der Waals surface area contributed by atoms with E-state index in [9.17, 15) is 0 Å². The zero-order chi connectivity index (χ0) is 13.9. The summed E-state index contributed by atoms with van der Waals surface area (Å²) in [6.45, 7) is 2.97. The number of rotatable bonds is 4. The SMILES string of the molecule is C[C@H](NCc1cccn2ccnc12)c1cccc(Br)c1. The van der Waals surface area contributed by atoms with Gasteiger partial charge in [-0.1, -0.05) is 34.1 Å². The minimum absolute atomic E-state index is 0.294. The van der Waals surface area contributed by atoms with E-state index in [4.69, 9.17) is 0 Å². The topological polar surface area (TPSA) is 29.3 Å². The number of imidazole rings is 1. The van der Waals surface area contributed by atoms with Gasteiger partial charge in [0.05, 0.1) is 0 Å². The number of halogens is 1. The van der Waals surface area contributed by atoms with Crippen molar-refractivity contribution in [3.05, 3.63) is 70.6 Å². The van der Waals surface area contributed by atoms with Crippen LogP contribution in [0.3, 0.4) is 0 Å². The van der Waals surface area contributed by atoms with Crippen LogP contribution in [0.2, 0.25) is 0 Å². The van der Waals surface area contributed by atoms with Crippen LogP contribution >= 0.6 is 15.9 Å². The van der Waals surface area contributed by atoms with Crippen LogP contribution in [0.15, 0.2) is 59.5 Å². The van der Waals surface area contributed by atoms with Crippen molar-refractivity contribution in [2.75, 3.05) is 0 Å². The Labute approximate surface area is 126 Å². The number of nitrogens with zero attached hydrogens (tertiary/aromatic N) is 2. The maximum atomic E-state index is 4.40. The molecule has 0 fully saturated rings. The van der Waals surface area contributed by atoms with Gasteiger partial charge in [-0.25, -0.2) is 4.98 Å². The van der Waals surface area contributed by atoms with Crippen molar-refractivity contribution in [3.8, 4) is 0 Å². The first-order chi connectivity index (χ1) is 9.74. The molecule has 1 aromatic carbocycles. The molecule has 0 radical (unpaired) electrons. The van der Waals surface area contributed by atoms with E-state index in [1.165, 1.54) is 11.1 Å². The average molecular weight is 330 g/mol. The first-order valence-electron chi connectivity index (χ1n) is 6.63. The molecule has 0 aliphatic heterocycles. The van der Waals surface area contributed by atoms with Gasteiger partial charge >= 0.3 is 0 Å². The standard InChI is InChI=1S/C16H16BrN3/c1-12(13-4-2-6-15(17)10-13)19-11-14-5-3-8-20-9-7-18-16(14)20/h2-10,12,19H,11H2,1H3/t12-/m0/s1. The molecule has 0 aliphatic carbocycles. The molecule has 20 heavy (non-hydrogen) atoms. The van der Waals surface area contributed by atoms with Crippen molar-refractivity contribution in [1.82, 2.24) is 14.7 Å². The molecule has 0 aliphatic rings. The van der Waals surface area contributed by atoms with Gasteiger partial charge in [-0.15, -0.1) is 0 Å². The van der Waals surface area contributed by atoms with Crippen molar-refractivity contribution in [3.63, 3.8) is 0 Å². The molecule has 2 heterocycles. The number of pyridine rings is 1. The van der Waals surface area contributed by atoms with Gasteiger partial charge in [-0.05, 0) is 30.7 Å². The number of fused-ring (bicyclic) bond motifs is 1. The fraction of sp³-hybridized carbons (Fsp3) is 0.188. The van der Waals surface area contributed by atoms with Crippen LogP contribution in [-0.2, 0) is 6.54 Å². The molecule has 0 unspecified atom stereocenters. The van der Waals surface area contributed by atoms with Crippen LogP contribution < -0.4 is 5.32 Å². The maximum Gasteiger partial charge on any atom is 0.141 e. The van der Waals surface area contributed by atoms with Crippen molar-refractivity contribution in [1.29, 1.82) is 0 Å². The minimum atomic E-state index is 0.294. The predicted octanol–water partition coefficient (Wildman–Crippen LogP) is 3.95. The van der Waals surface area contributed by atoms with Gasteiger partial charge in [0.2, 0.25) is 0 Å². The van der Waals surface area contributed by atoms with Crippen LogP contribution in [0.1, 0.15) is 24.1 Å². The van der Waals surface area contributed by atoms with E-state index in [2.05, 4.69) is 63.5 Å². The van der Waals surface area contributed by atoms with Gasteiger partial charge in [0, 0.05) is 41.2 Å². The molecule has 3 rings (SSSR count). The smallest absolute Gasteiger partial charge is 0.141 e. The summed E-state index contributed by atoms with van der Waals surface area (Å²) >= 11 is 3.51. The quantitative estimate of drug-likeness (QED) is 0.785. The van der Waals surface area contributed by atoms with E-state index in [-0.39, 0.29) is 0 Å². The van der Waals surface area contributed by atoms with Crippen molar-refractivity contribution in [2.24, 2.45) is 0 Å². The van der Waals surface area contributed by atoms with Gasteiger partial charge in [-0.3, -0.25) is 0 Å². The van der Waals surface area contributed by atoms with E-state index in [0.29, 0.717) is 6.04 Å². The Morgan fingerprint density at radius 1 is 1.25 bits per heavy atom. The summed E-state index contributed by atoms with van der Waals surface area (Å²) in [5, 5.41) is 3.55. The molecule has 0 amide bonds. The van der Waals surface area contributed by atoms with E-state index in [1.807, 2.05) is 29.1 Å². The number of hydrogen-bond acceptors (Lipinski definition) is 2. The largest absolute Gasteiger partial charge is 0.307 e. The van der Waals surface area contributed by atoms with Crippen molar-refractivity contribution in [2.45, 2.75) is 19.5 Å². The lowest BCUT2D eigenvalue weighted by molar-refractivity contribution is 0.575. The van der Waals surface area contributed by atoms with Gasteiger partial charge < -0.3 is 9.72 Å². The van der Waals surface area contributed by atoms with E-state index in [0.717, 1.165) is 16.7 Å². The Morgan fingerprint density at radius 3 is 3.00 bits per heavy atom. The van der Waals surface area contributed by atoms with Crippen LogP contribution in [0.4, 0.5) is 0 Å². The van der Waals surface area contributed by atoms with Crippen LogP contribution in [0, 0.1) is 0 Å². The Hall–Kier alpha value is -1.65. The summed E-state index contributed by atoms with van der Waals surface area (Å²) in [6.07, 6.45) is 5.82. The van der Waals surface area contributed by atoms with Gasteiger partial charge in [0.25, 0.3) is 0 Å². The fourth-order valence-electron chi connectivity index (χ4n) is 2.30. The normalized spacial score (nSPS) is 12.7. The molecular weight excluding hydrogens is 314 g/mol. The zero-order valence-corrected chi connectivity index (χ0v) is 12.8. The highest BCUT2D eigenvalue weighted by atomic mass is 79.9. The van der Waals surface area contributed by atoms with Gasteiger partial charge in [0.1, 0.15) is 5.65 Å². The third-order valence-electron chi connectivity index (χ3n) is 3.45. The zero-order valence-electron chi connectivity index (χ0n) is 11.3. The third-order valence-corrected chi connectivity index (χ3v) is 3.94. The summed E-state index contributed by atoms with van der Waals surface area (Å²) in [5.41, 5.74) is 3.50. The molecule has 4 heteroatoms. The second-order valence-electron chi connectivity index (χ2n) is 4.85. The van der Waals surface area contributed by atoms with E-state index < -0.39 is 0 Å². The number of benzene rings is 1. The summed E-state index contributed by atoms with van der Waals surface area (Å²) in [5.74, 6) is 0. The lowest BCUT2D eigenvalue weighted by atomic mass is 10.1. The van der Waals surface area contributed by atoms with E-state index >= 15 is 0 Å². The maximum absolute atomic E-state index is 4.40. The van der Waals surface area contributed by atoms with Gasteiger partial charge in [-0.2, -0.15) is 0 Å². The third kappa shape index (κ3) is 2.76. The molecule has 0 saturated heterocycles. The summed E-state index contributed by atoms with van der Waals surface area (Å²) < 4.78 is 3.15. The molecule has 0 bridgehead atoms. The molecule has 0 saturated carbocycles. The predicted molar refractivity (Wildman–Crippen MR) is 84.6 cm³/mol. The minimum Gasteiger partial charge on any atom is -0.307 e. The monoisotopic (exact) mass is 329 g/mol. The Morgan fingerprint density at radius 2 is 2.15 bits per heavy atom. The molecule has 3 nitrogen and oxygen atoms in total. The number of nitrogens with one attached hydrogen (secondary N) is 1. The molecule has 2 aromatic heterocycles. The first kappa shape index (κ1) is 13.3. The lowest BCUT2D eigenvalue weighted by Gasteiger charge is -2.15. The summed E-state index contributed by atoms with van der Waals surface area (Å²) in [4.78, 5) is 4.40. The lowest BCUT2D eigenvalue weighted by Crippen LogP contribution is -2.18. The Balaban J connectivity index is 1.74. The van der Waals surface area contributed by atoms with Crippen LogP contribution in [0.5, 0.6) is 0 Å². The van der Waals surface area contributed by atoms with Gasteiger partial charge in [0.15, 0.2) is 0 Å². The highest BCUT2D eigenvalue weighted by Gasteiger charge is 2.07. The van der Waals surface area contributed by atoms with Crippen molar-refractivity contribution >= 4 is 21.6 Å². The molecule has 3 aromatic rings. The Kier molecular flexibility index (Phi) is 3.85. The molecule has 0 spiro atoms. The first-order valence-corrected chi connectivity index (χ1v) is 7.43. The fourth-order valence-corrected chi connectivity index (χ4v) is 2.72. The molecular formula is C16H16BrN3. The number of hydrogen-bond donors (Lipinski definition) is 1. The second-order valence-corrected chi connectivity index (χ2v) is 5.76. The second kappa shape index (κ2) is 5.77. The van der Waals surface area contributed by atoms with Crippen LogP contribution in [-0.4, -0.2) is 9.38 Å². The van der Waals surface area contributed by atoms with E-state index in [1.54, 1.807) is 0 Å². The molecule has 1 atom stereocenters. The highest BCUT2D eigenvalue weighted by Crippen LogP contribution is 2.18. The van der Waals surface area contributed by atoms with Crippen molar-refractivity contribution < 1.29 is 0 Å².